The van der Waals surface area contributed by atoms with E-state index in [4.69, 9.17) is 9.36 Å². The van der Waals surface area contributed by atoms with Crippen molar-refractivity contribution in [1.29, 1.82) is 0 Å². The molecule has 4 rings (SSSR count). The van der Waals surface area contributed by atoms with Gasteiger partial charge in [0.05, 0.1) is 16.8 Å². The van der Waals surface area contributed by atoms with Crippen molar-refractivity contribution in [3.63, 3.8) is 0 Å². The Hall–Kier alpha value is -4.19. The van der Waals surface area contributed by atoms with Gasteiger partial charge in [-0.25, -0.2) is 14.7 Å². The van der Waals surface area contributed by atoms with Crippen molar-refractivity contribution in [2.75, 3.05) is 0 Å². The maximum atomic E-state index is 12.0. The molecule has 0 saturated carbocycles. The molecule has 2 aromatic carbocycles. The molecule has 0 fully saturated rings. The summed E-state index contributed by atoms with van der Waals surface area (Å²) in [7, 11) is 0. The summed E-state index contributed by atoms with van der Waals surface area (Å²) in [4.78, 5) is 28.7. The highest BCUT2D eigenvalue weighted by molar-refractivity contribution is 6.28. The number of nitrogens with one attached hydrogen (secondary N) is 1. The minimum atomic E-state index is -0.505. The molecule has 0 amide bonds. The average molecular weight is 384 g/mol. The number of carbonyl (C=O) groups excluding carboxylic acids is 1. The maximum absolute atomic E-state index is 12.0. The first-order chi connectivity index (χ1) is 14.2. The van der Waals surface area contributed by atoms with Crippen LogP contribution in [-0.4, -0.2) is 16.8 Å². The molecule has 0 unspecified atom stereocenters. The number of hydrogen-bond donors (Lipinski definition) is 1. The predicted octanol–water partition coefficient (Wildman–Crippen LogP) is 4.09. The van der Waals surface area contributed by atoms with Crippen LogP contribution in [0.15, 0.2) is 105 Å². The Bertz CT molecular complexity index is 1200. The first kappa shape index (κ1) is 18.2. The Kier molecular flexibility index (Phi) is 5.16. The topological polar surface area (TPSA) is 84.7 Å². The fraction of sp³-hybridized carbons (Fsp3) is 0. The van der Waals surface area contributed by atoms with Gasteiger partial charge >= 0.3 is 11.6 Å². The second-order valence-electron chi connectivity index (χ2n) is 6.16. The number of oxime groups is 1. The molecule has 3 aromatic rings. The number of H-pyrrole nitrogens is 1. The van der Waals surface area contributed by atoms with Crippen LogP contribution < -0.4 is 5.63 Å². The zero-order valence-electron chi connectivity index (χ0n) is 15.2. The highest BCUT2D eigenvalue weighted by Gasteiger charge is 2.25. The summed E-state index contributed by atoms with van der Waals surface area (Å²) in [5.41, 5.74) is 3.07. The molecule has 6 nitrogen and oxygen atoms in total. The molecular formula is C23H16N2O4. The molecule has 0 spiro atoms. The first-order valence-corrected chi connectivity index (χ1v) is 8.91. The molecule has 0 atom stereocenters. The minimum Gasteiger partial charge on any atom is -0.338 e. The van der Waals surface area contributed by atoms with Gasteiger partial charge in [0.2, 0.25) is 0 Å². The average Bonchev–Trinajstić information content (AvgIpc) is 3.32. The van der Waals surface area contributed by atoms with E-state index in [-0.39, 0.29) is 0 Å². The second kappa shape index (κ2) is 8.22. The largest absolute Gasteiger partial charge is 0.368 e. The van der Waals surface area contributed by atoms with Crippen LogP contribution in [0.1, 0.15) is 11.1 Å². The molecule has 0 aliphatic carbocycles. The van der Waals surface area contributed by atoms with Crippen molar-refractivity contribution < 1.29 is 14.2 Å². The smallest absolute Gasteiger partial charge is 0.338 e. The van der Waals surface area contributed by atoms with Crippen LogP contribution in [0.2, 0.25) is 0 Å². The maximum Gasteiger partial charge on any atom is 0.368 e. The summed E-state index contributed by atoms with van der Waals surface area (Å²) < 4.78 is 4.92. The number of aromatic amines is 1. The van der Waals surface area contributed by atoms with E-state index >= 15 is 0 Å². The van der Waals surface area contributed by atoms with E-state index < -0.39 is 11.6 Å². The number of hydrogen-bond acceptors (Lipinski definition) is 5. The molecule has 0 saturated heterocycles. The lowest BCUT2D eigenvalue weighted by Gasteiger charge is -1.98. The number of nitrogens with zero attached hydrogens (tertiary/aromatic N) is 1. The molecule has 1 N–H and O–H groups in total. The summed E-state index contributed by atoms with van der Waals surface area (Å²) in [6, 6.07) is 18.8. The molecule has 142 valence electrons. The number of aromatic nitrogens is 1. The Morgan fingerprint density at radius 1 is 0.828 bits per heavy atom. The van der Waals surface area contributed by atoms with Gasteiger partial charge in [0.1, 0.15) is 5.71 Å². The third-order valence-corrected chi connectivity index (χ3v) is 4.29. The Balaban J connectivity index is 1.53. The number of rotatable bonds is 5. The summed E-state index contributed by atoms with van der Waals surface area (Å²) >= 11 is 0. The predicted molar refractivity (Wildman–Crippen MR) is 110 cm³/mol. The molecule has 1 aromatic heterocycles. The Morgan fingerprint density at radius 2 is 1.52 bits per heavy atom. The molecular weight excluding hydrogens is 368 g/mol. The van der Waals surface area contributed by atoms with Crippen molar-refractivity contribution in [2.24, 2.45) is 5.16 Å². The van der Waals surface area contributed by atoms with Gasteiger partial charge in [0.15, 0.2) is 0 Å². The fourth-order valence-corrected chi connectivity index (χ4v) is 2.88. The fourth-order valence-electron chi connectivity index (χ4n) is 2.88. The SMILES string of the molecule is O=C1ON=C(c2ccccc2)\C1=C/C=C/C=C/c1c(-c2ccccc2)[nH]oc1=O. The normalized spacial score (nSPS) is 15.4. The van der Waals surface area contributed by atoms with Gasteiger partial charge in [-0.3, -0.25) is 0 Å². The standard InChI is InChI=1S/C23H16N2O4/c26-22-18(20(24-28-22)16-10-4-1-5-11-16)14-8-3-9-15-19-21(25-29-23(19)27)17-12-6-2-7-13-17/h1-15,24H/b9-3+,14-8+,19-15+. The van der Waals surface area contributed by atoms with Gasteiger partial charge in [0, 0.05) is 11.1 Å². The van der Waals surface area contributed by atoms with E-state index in [0.29, 0.717) is 22.5 Å². The lowest BCUT2D eigenvalue weighted by Crippen LogP contribution is -2.06. The molecule has 29 heavy (non-hydrogen) atoms. The molecule has 1 aliphatic heterocycles. The van der Waals surface area contributed by atoms with Crippen LogP contribution >= 0.6 is 0 Å². The van der Waals surface area contributed by atoms with E-state index in [1.54, 1.807) is 30.4 Å². The molecule has 0 bridgehead atoms. The van der Waals surface area contributed by atoms with E-state index in [1.807, 2.05) is 60.7 Å². The van der Waals surface area contributed by atoms with Crippen LogP contribution in [0.25, 0.3) is 17.3 Å². The van der Waals surface area contributed by atoms with Gasteiger partial charge < -0.3 is 9.36 Å². The van der Waals surface area contributed by atoms with Gasteiger partial charge in [0.25, 0.3) is 0 Å². The van der Waals surface area contributed by atoms with E-state index in [2.05, 4.69) is 10.3 Å². The van der Waals surface area contributed by atoms with Gasteiger partial charge in [-0.15, -0.1) is 0 Å². The van der Waals surface area contributed by atoms with Crippen LogP contribution in [0.4, 0.5) is 0 Å². The highest BCUT2D eigenvalue weighted by atomic mass is 16.7. The van der Waals surface area contributed by atoms with Crippen LogP contribution in [0.5, 0.6) is 0 Å². The minimum absolute atomic E-state index is 0.368. The molecule has 1 aliphatic rings. The highest BCUT2D eigenvalue weighted by Crippen LogP contribution is 2.20. The van der Waals surface area contributed by atoms with Gasteiger partial charge in [-0.1, -0.05) is 84.0 Å². The number of benzene rings is 2. The summed E-state index contributed by atoms with van der Waals surface area (Å²) in [6.45, 7) is 0. The quantitative estimate of drug-likeness (QED) is 0.408. The summed E-state index contributed by atoms with van der Waals surface area (Å²) in [5, 5.41) is 6.51. The zero-order chi connectivity index (χ0) is 20.1. The molecule has 0 radical (unpaired) electrons. The Labute approximate surface area is 166 Å². The molecule has 6 heteroatoms. The van der Waals surface area contributed by atoms with E-state index in [0.717, 1.165) is 11.1 Å². The van der Waals surface area contributed by atoms with Crippen molar-refractivity contribution in [3.05, 3.63) is 112 Å². The summed E-state index contributed by atoms with van der Waals surface area (Å²) in [5.74, 6) is -0.505. The van der Waals surface area contributed by atoms with E-state index in [1.165, 1.54) is 0 Å². The number of allylic oxidation sites excluding steroid dienone is 4. The van der Waals surface area contributed by atoms with Crippen LogP contribution in [0, 0.1) is 0 Å². The van der Waals surface area contributed by atoms with Crippen molar-refractivity contribution >= 4 is 17.8 Å². The van der Waals surface area contributed by atoms with Crippen molar-refractivity contribution in [2.45, 2.75) is 0 Å². The first-order valence-electron chi connectivity index (χ1n) is 8.91. The number of carbonyl (C=O) groups is 1. The van der Waals surface area contributed by atoms with Crippen LogP contribution in [0.3, 0.4) is 0 Å². The summed E-state index contributed by atoms with van der Waals surface area (Å²) in [6.07, 6.45) is 8.38. The lowest BCUT2D eigenvalue weighted by atomic mass is 10.0. The van der Waals surface area contributed by atoms with Gasteiger partial charge in [-0.05, 0) is 12.2 Å². The van der Waals surface area contributed by atoms with Crippen molar-refractivity contribution in [3.8, 4) is 11.3 Å². The lowest BCUT2D eigenvalue weighted by molar-refractivity contribution is -0.136. The third-order valence-electron chi connectivity index (χ3n) is 4.29. The Morgan fingerprint density at radius 3 is 2.24 bits per heavy atom. The van der Waals surface area contributed by atoms with Gasteiger partial charge in [-0.2, -0.15) is 0 Å². The monoisotopic (exact) mass is 384 g/mol. The molecule has 2 heterocycles. The second-order valence-corrected chi connectivity index (χ2v) is 6.16. The van der Waals surface area contributed by atoms with Crippen LogP contribution in [-0.2, 0) is 9.63 Å². The van der Waals surface area contributed by atoms with Crippen molar-refractivity contribution in [1.82, 2.24) is 5.16 Å². The zero-order valence-corrected chi connectivity index (χ0v) is 15.2. The third kappa shape index (κ3) is 3.91. The van der Waals surface area contributed by atoms with E-state index in [9.17, 15) is 9.59 Å².